The zero-order valence-corrected chi connectivity index (χ0v) is 18.5. The average molecular weight is 420 g/mol. The van der Waals surface area contributed by atoms with Crippen LogP contribution in [0.3, 0.4) is 0 Å². The molecule has 0 radical (unpaired) electrons. The summed E-state index contributed by atoms with van der Waals surface area (Å²) < 4.78 is 7.97. The highest BCUT2D eigenvalue weighted by molar-refractivity contribution is 5.93. The Bertz CT molecular complexity index is 1150. The molecule has 0 aromatic carbocycles. The molecule has 0 aliphatic heterocycles. The molecular formula is C23H29N7O. The van der Waals surface area contributed by atoms with Crippen LogP contribution in [-0.2, 0) is 6.54 Å². The molecule has 0 saturated carbocycles. The van der Waals surface area contributed by atoms with E-state index >= 15 is 0 Å². The van der Waals surface area contributed by atoms with E-state index < -0.39 is 0 Å². The minimum atomic E-state index is 0.262. The van der Waals surface area contributed by atoms with Crippen LogP contribution in [0.25, 0.3) is 22.3 Å². The lowest BCUT2D eigenvalue weighted by molar-refractivity contribution is 0.306. The van der Waals surface area contributed by atoms with Crippen LogP contribution in [0.2, 0.25) is 0 Å². The predicted molar refractivity (Wildman–Crippen MR) is 122 cm³/mol. The fourth-order valence-corrected chi connectivity index (χ4v) is 3.52. The number of nitrogens with one attached hydrogen (secondary N) is 2. The van der Waals surface area contributed by atoms with Crippen LogP contribution in [0, 0.1) is 6.92 Å². The van der Waals surface area contributed by atoms with Gasteiger partial charge >= 0.3 is 0 Å². The molecule has 0 amide bonds. The van der Waals surface area contributed by atoms with E-state index in [4.69, 9.17) is 14.8 Å². The average Bonchev–Trinajstić information content (AvgIpc) is 3.44. The maximum absolute atomic E-state index is 5.90. The van der Waals surface area contributed by atoms with Crippen molar-refractivity contribution in [1.29, 1.82) is 0 Å². The van der Waals surface area contributed by atoms with E-state index in [-0.39, 0.29) is 6.04 Å². The molecule has 0 aliphatic rings. The van der Waals surface area contributed by atoms with Crippen molar-refractivity contribution in [2.24, 2.45) is 0 Å². The van der Waals surface area contributed by atoms with Gasteiger partial charge in [-0.25, -0.2) is 9.97 Å². The van der Waals surface area contributed by atoms with Gasteiger partial charge in [-0.15, -0.1) is 0 Å². The van der Waals surface area contributed by atoms with E-state index in [1.807, 2.05) is 25.1 Å². The number of nitrogens with zero attached hydrogens (tertiary/aromatic N) is 5. The number of ether oxygens (including phenoxy) is 1. The number of anilines is 1. The number of hydrogen-bond donors (Lipinski definition) is 2. The molecule has 1 atom stereocenters. The van der Waals surface area contributed by atoms with Gasteiger partial charge in [0, 0.05) is 18.4 Å². The third-order valence-corrected chi connectivity index (χ3v) is 5.35. The summed E-state index contributed by atoms with van der Waals surface area (Å²) in [6.07, 6.45) is 5.40. The minimum Gasteiger partial charge on any atom is -0.477 e. The fraction of sp³-hybridized carbons (Fsp3) is 0.391. The molecule has 162 valence electrons. The number of fused-ring (bicyclic) bond motifs is 1. The monoisotopic (exact) mass is 419 g/mol. The van der Waals surface area contributed by atoms with Crippen LogP contribution >= 0.6 is 0 Å². The van der Waals surface area contributed by atoms with E-state index in [0.717, 1.165) is 52.2 Å². The fourth-order valence-electron chi connectivity index (χ4n) is 3.52. The lowest BCUT2D eigenvalue weighted by Crippen LogP contribution is -2.09. The molecule has 4 aromatic heterocycles. The van der Waals surface area contributed by atoms with Gasteiger partial charge < -0.3 is 10.1 Å². The maximum atomic E-state index is 5.90. The van der Waals surface area contributed by atoms with Crippen molar-refractivity contribution >= 4 is 16.7 Å². The first-order valence-electron chi connectivity index (χ1n) is 10.8. The number of aromatic amines is 1. The molecule has 0 fully saturated rings. The topological polar surface area (TPSA) is 93.5 Å². The summed E-state index contributed by atoms with van der Waals surface area (Å²) >= 11 is 0. The third-order valence-electron chi connectivity index (χ3n) is 5.35. The lowest BCUT2D eigenvalue weighted by Gasteiger charge is -2.16. The van der Waals surface area contributed by atoms with Gasteiger partial charge in [0.1, 0.15) is 11.0 Å². The van der Waals surface area contributed by atoms with Crippen molar-refractivity contribution < 1.29 is 4.74 Å². The Hall–Kier alpha value is -3.42. The van der Waals surface area contributed by atoms with Crippen molar-refractivity contribution in [2.45, 2.75) is 53.1 Å². The first-order chi connectivity index (χ1) is 15.1. The Morgan fingerprint density at radius 2 is 2.10 bits per heavy atom. The number of aryl methyl sites for hydroxylation is 1. The highest BCUT2D eigenvalue weighted by atomic mass is 16.5. The zero-order chi connectivity index (χ0) is 21.8. The largest absolute Gasteiger partial charge is 0.477 e. The Labute approximate surface area is 182 Å². The summed E-state index contributed by atoms with van der Waals surface area (Å²) in [5, 5.41) is 15.4. The molecule has 4 heterocycles. The van der Waals surface area contributed by atoms with Crippen LogP contribution in [0.15, 0.2) is 36.7 Å². The standard InChI is InChI=1S/C23H29N7O/c1-5-12-31-23-18(8-7-10-24-23)19-13-20(25-14-17-9-11-26-28-17)22-21(27-19)16(4)29-30(22)15(3)6-2/h7-11,13,15H,5-6,12,14H2,1-4H3,(H,25,27)(H,26,28)/t15-/m0/s1. The highest BCUT2D eigenvalue weighted by Gasteiger charge is 2.20. The Morgan fingerprint density at radius 1 is 1.23 bits per heavy atom. The highest BCUT2D eigenvalue weighted by Crippen LogP contribution is 2.35. The maximum Gasteiger partial charge on any atom is 0.222 e. The SMILES string of the molecule is CCCOc1ncccc1-c1cc(NCc2ccn[nH]2)c2c(n1)c(C)nn2[C@@H](C)CC. The normalized spacial score (nSPS) is 12.3. The van der Waals surface area contributed by atoms with Crippen molar-refractivity contribution in [3.8, 4) is 17.1 Å². The van der Waals surface area contributed by atoms with Gasteiger partial charge in [0.2, 0.25) is 5.88 Å². The van der Waals surface area contributed by atoms with Gasteiger partial charge in [-0.2, -0.15) is 10.2 Å². The second-order valence-corrected chi connectivity index (χ2v) is 7.68. The zero-order valence-electron chi connectivity index (χ0n) is 18.5. The molecule has 0 aliphatic carbocycles. The number of H-pyrrole nitrogens is 1. The van der Waals surface area contributed by atoms with Gasteiger partial charge in [0.15, 0.2) is 0 Å². The molecular weight excluding hydrogens is 390 g/mol. The van der Waals surface area contributed by atoms with Crippen LogP contribution in [-0.4, -0.2) is 36.6 Å². The van der Waals surface area contributed by atoms with E-state index in [1.165, 1.54) is 0 Å². The van der Waals surface area contributed by atoms with E-state index in [2.05, 4.69) is 52.0 Å². The first-order valence-corrected chi connectivity index (χ1v) is 10.8. The second kappa shape index (κ2) is 9.16. The number of aromatic nitrogens is 6. The molecule has 4 aromatic rings. The second-order valence-electron chi connectivity index (χ2n) is 7.68. The molecule has 0 bridgehead atoms. The molecule has 2 N–H and O–H groups in total. The van der Waals surface area contributed by atoms with Gasteiger partial charge in [0.05, 0.1) is 41.5 Å². The van der Waals surface area contributed by atoms with Gasteiger partial charge in [-0.1, -0.05) is 13.8 Å². The third kappa shape index (κ3) is 4.23. The van der Waals surface area contributed by atoms with Crippen molar-refractivity contribution in [3.05, 3.63) is 48.0 Å². The lowest BCUT2D eigenvalue weighted by atomic mass is 10.1. The smallest absolute Gasteiger partial charge is 0.222 e. The quantitative estimate of drug-likeness (QED) is 0.401. The van der Waals surface area contributed by atoms with Gasteiger partial charge in [0.25, 0.3) is 0 Å². The van der Waals surface area contributed by atoms with Crippen LogP contribution in [0.4, 0.5) is 5.69 Å². The molecule has 0 saturated heterocycles. The Kier molecular flexibility index (Phi) is 6.16. The summed E-state index contributed by atoms with van der Waals surface area (Å²) in [5.74, 6) is 0.600. The van der Waals surface area contributed by atoms with Crippen LogP contribution in [0.1, 0.15) is 51.0 Å². The van der Waals surface area contributed by atoms with Crippen molar-refractivity contribution in [3.63, 3.8) is 0 Å². The van der Waals surface area contributed by atoms with E-state index in [1.54, 1.807) is 12.4 Å². The summed E-state index contributed by atoms with van der Waals surface area (Å²) in [6.45, 7) is 9.67. The number of pyridine rings is 2. The molecule has 8 nitrogen and oxygen atoms in total. The molecule has 0 spiro atoms. The summed E-state index contributed by atoms with van der Waals surface area (Å²) in [5.41, 5.74) is 6.46. The summed E-state index contributed by atoms with van der Waals surface area (Å²) in [6, 6.07) is 8.20. The van der Waals surface area contributed by atoms with Crippen LogP contribution < -0.4 is 10.1 Å². The Morgan fingerprint density at radius 3 is 2.84 bits per heavy atom. The minimum absolute atomic E-state index is 0.262. The predicted octanol–water partition coefficient (Wildman–Crippen LogP) is 4.90. The molecule has 0 unspecified atom stereocenters. The Balaban J connectivity index is 1.85. The van der Waals surface area contributed by atoms with Crippen molar-refractivity contribution in [2.75, 3.05) is 11.9 Å². The molecule has 31 heavy (non-hydrogen) atoms. The first kappa shape index (κ1) is 20.8. The number of rotatable bonds is 9. The van der Waals surface area contributed by atoms with E-state index in [9.17, 15) is 0 Å². The van der Waals surface area contributed by atoms with E-state index in [0.29, 0.717) is 19.0 Å². The summed E-state index contributed by atoms with van der Waals surface area (Å²) in [4.78, 5) is 9.43. The molecule has 8 heteroatoms. The van der Waals surface area contributed by atoms with Gasteiger partial charge in [-0.05, 0) is 51.0 Å². The summed E-state index contributed by atoms with van der Waals surface area (Å²) in [7, 11) is 0. The van der Waals surface area contributed by atoms with Gasteiger partial charge in [-0.3, -0.25) is 9.78 Å². The number of hydrogen-bond acceptors (Lipinski definition) is 6. The van der Waals surface area contributed by atoms with Crippen LogP contribution in [0.5, 0.6) is 5.88 Å². The van der Waals surface area contributed by atoms with Crippen molar-refractivity contribution in [1.82, 2.24) is 29.9 Å². The molecule has 4 rings (SSSR count).